The summed E-state index contributed by atoms with van der Waals surface area (Å²) in [6.45, 7) is 2.77. The maximum Gasteiger partial charge on any atom is 0.137 e. The van der Waals surface area contributed by atoms with E-state index < -0.39 is 0 Å². The van der Waals surface area contributed by atoms with Crippen LogP contribution >= 0.6 is 11.8 Å². The number of aromatic nitrogens is 2. The molecule has 0 unspecified atom stereocenters. The lowest BCUT2D eigenvalue weighted by Crippen LogP contribution is -2.24. The molecule has 0 aliphatic carbocycles. The van der Waals surface area contributed by atoms with Crippen LogP contribution in [0.4, 0.5) is 4.39 Å². The molecule has 100 valence electrons. The van der Waals surface area contributed by atoms with Gasteiger partial charge in [-0.1, -0.05) is 12.1 Å². The molecule has 5 heteroatoms. The van der Waals surface area contributed by atoms with Crippen molar-refractivity contribution in [1.82, 2.24) is 15.5 Å². The lowest BCUT2D eigenvalue weighted by molar-refractivity contribution is 0.496. The minimum Gasteiger partial charge on any atom is -0.306 e. The summed E-state index contributed by atoms with van der Waals surface area (Å²) in [5.74, 6) is 0.851. The molecule has 3 rings (SSSR count). The fourth-order valence-electron chi connectivity index (χ4n) is 2.39. The van der Waals surface area contributed by atoms with E-state index in [2.05, 4.69) is 15.5 Å². The summed E-state index contributed by atoms with van der Waals surface area (Å²) in [5.41, 5.74) is 3.32. The number of hydrogen-bond donors (Lipinski definition) is 2. The summed E-state index contributed by atoms with van der Waals surface area (Å²) < 4.78 is 13.8. The van der Waals surface area contributed by atoms with Gasteiger partial charge in [0, 0.05) is 28.7 Å². The Labute approximate surface area is 116 Å². The average molecular weight is 277 g/mol. The second-order valence-electron chi connectivity index (χ2n) is 4.75. The van der Waals surface area contributed by atoms with Crippen molar-refractivity contribution in [2.24, 2.45) is 0 Å². The first-order chi connectivity index (χ1) is 9.25. The number of thioether (sulfide) groups is 1. The molecule has 0 radical (unpaired) electrons. The van der Waals surface area contributed by atoms with Crippen LogP contribution < -0.4 is 5.32 Å². The summed E-state index contributed by atoms with van der Waals surface area (Å²) in [7, 11) is 0. The largest absolute Gasteiger partial charge is 0.306 e. The van der Waals surface area contributed by atoms with E-state index in [1.165, 1.54) is 6.07 Å². The van der Waals surface area contributed by atoms with Crippen LogP contribution in [0.5, 0.6) is 0 Å². The second-order valence-corrected chi connectivity index (χ2v) is 5.85. The van der Waals surface area contributed by atoms with Crippen LogP contribution in [0.15, 0.2) is 29.3 Å². The van der Waals surface area contributed by atoms with Gasteiger partial charge in [0.25, 0.3) is 0 Å². The van der Waals surface area contributed by atoms with E-state index in [-0.39, 0.29) is 11.9 Å². The molecular formula is C14H16FN3S. The van der Waals surface area contributed by atoms with E-state index in [4.69, 9.17) is 0 Å². The van der Waals surface area contributed by atoms with Crippen molar-refractivity contribution in [1.29, 1.82) is 0 Å². The first kappa shape index (κ1) is 12.7. The highest BCUT2D eigenvalue weighted by atomic mass is 32.2. The van der Waals surface area contributed by atoms with Gasteiger partial charge < -0.3 is 5.32 Å². The Hall–Kier alpha value is -1.33. The molecule has 0 bridgehead atoms. The fraction of sp³-hybridized carbons (Fsp3) is 0.357. The quantitative estimate of drug-likeness (QED) is 0.905. The zero-order valence-corrected chi connectivity index (χ0v) is 11.6. The average Bonchev–Trinajstić information content (AvgIpc) is 2.82. The molecule has 1 aromatic heterocycles. The van der Waals surface area contributed by atoms with Gasteiger partial charge >= 0.3 is 0 Å². The Kier molecular flexibility index (Phi) is 3.57. The SMILES string of the molecule is Cc1[nH]ncc1CN[C@@H]1CCSc2c(F)cccc21. The molecule has 0 saturated carbocycles. The molecule has 1 aliphatic heterocycles. The third kappa shape index (κ3) is 2.53. The molecule has 0 fully saturated rings. The number of fused-ring (bicyclic) bond motifs is 1. The van der Waals surface area contributed by atoms with Crippen molar-refractivity contribution in [3.05, 3.63) is 47.0 Å². The smallest absolute Gasteiger partial charge is 0.137 e. The lowest BCUT2D eigenvalue weighted by atomic mass is 10.0. The van der Waals surface area contributed by atoms with Crippen molar-refractivity contribution in [2.45, 2.75) is 30.8 Å². The number of nitrogens with zero attached hydrogens (tertiary/aromatic N) is 1. The number of benzene rings is 1. The third-order valence-corrected chi connectivity index (χ3v) is 4.66. The van der Waals surface area contributed by atoms with Gasteiger partial charge in [0.1, 0.15) is 5.82 Å². The Balaban J connectivity index is 1.77. The highest BCUT2D eigenvalue weighted by molar-refractivity contribution is 7.99. The molecule has 0 amide bonds. The second kappa shape index (κ2) is 5.35. The molecule has 1 atom stereocenters. The van der Waals surface area contributed by atoms with Crippen molar-refractivity contribution in [3.8, 4) is 0 Å². The molecule has 0 saturated heterocycles. The first-order valence-electron chi connectivity index (χ1n) is 6.39. The van der Waals surface area contributed by atoms with Crippen LogP contribution in [0.3, 0.4) is 0 Å². The highest BCUT2D eigenvalue weighted by Gasteiger charge is 2.22. The van der Waals surface area contributed by atoms with Gasteiger partial charge in [-0.25, -0.2) is 4.39 Å². The predicted octanol–water partition coefficient (Wildman–Crippen LogP) is 3.18. The van der Waals surface area contributed by atoms with Crippen LogP contribution in [-0.2, 0) is 6.54 Å². The molecule has 1 aliphatic rings. The lowest BCUT2D eigenvalue weighted by Gasteiger charge is -2.26. The third-order valence-electron chi connectivity index (χ3n) is 3.50. The Morgan fingerprint density at radius 3 is 3.21 bits per heavy atom. The van der Waals surface area contributed by atoms with E-state index in [0.29, 0.717) is 0 Å². The minimum atomic E-state index is -0.103. The highest BCUT2D eigenvalue weighted by Crippen LogP contribution is 2.37. The number of halogens is 1. The van der Waals surface area contributed by atoms with Crippen molar-refractivity contribution in [3.63, 3.8) is 0 Å². The summed E-state index contributed by atoms with van der Waals surface area (Å²) in [4.78, 5) is 0.801. The molecular weight excluding hydrogens is 261 g/mol. The van der Waals surface area contributed by atoms with Crippen LogP contribution in [0, 0.1) is 12.7 Å². The Morgan fingerprint density at radius 2 is 2.42 bits per heavy atom. The van der Waals surface area contributed by atoms with Gasteiger partial charge in [0.05, 0.1) is 6.20 Å². The van der Waals surface area contributed by atoms with Crippen LogP contribution in [0.25, 0.3) is 0 Å². The summed E-state index contributed by atoms with van der Waals surface area (Å²) in [6, 6.07) is 5.57. The van der Waals surface area contributed by atoms with Crippen molar-refractivity contribution in [2.75, 3.05) is 5.75 Å². The van der Waals surface area contributed by atoms with E-state index in [0.717, 1.165) is 40.4 Å². The topological polar surface area (TPSA) is 40.7 Å². The van der Waals surface area contributed by atoms with Gasteiger partial charge in [-0.05, 0) is 30.7 Å². The fourth-order valence-corrected chi connectivity index (χ4v) is 3.53. The minimum absolute atomic E-state index is 0.103. The molecule has 0 spiro atoms. The predicted molar refractivity (Wildman–Crippen MR) is 74.6 cm³/mol. The number of hydrogen-bond acceptors (Lipinski definition) is 3. The number of aromatic amines is 1. The van der Waals surface area contributed by atoms with Gasteiger partial charge in [-0.15, -0.1) is 11.8 Å². The zero-order valence-electron chi connectivity index (χ0n) is 10.7. The molecule has 19 heavy (non-hydrogen) atoms. The van der Waals surface area contributed by atoms with Crippen LogP contribution in [0.1, 0.15) is 29.3 Å². The molecule has 2 N–H and O–H groups in total. The van der Waals surface area contributed by atoms with Crippen molar-refractivity contribution >= 4 is 11.8 Å². The van der Waals surface area contributed by atoms with Gasteiger partial charge in [0.2, 0.25) is 0 Å². The standard InChI is InChI=1S/C14H16FN3S/c1-9-10(8-17-18-9)7-16-13-5-6-19-14-11(13)3-2-4-12(14)15/h2-4,8,13,16H,5-7H2,1H3,(H,17,18)/t13-/m1/s1. The van der Waals surface area contributed by atoms with Gasteiger partial charge in [-0.2, -0.15) is 5.10 Å². The van der Waals surface area contributed by atoms with E-state index in [1.54, 1.807) is 17.8 Å². The zero-order chi connectivity index (χ0) is 13.2. The molecule has 2 aromatic rings. The Bertz CT molecular complexity index is 582. The maximum absolute atomic E-state index is 13.8. The number of rotatable bonds is 3. The first-order valence-corrected chi connectivity index (χ1v) is 7.37. The number of nitrogens with one attached hydrogen (secondary N) is 2. The van der Waals surface area contributed by atoms with Gasteiger partial charge in [0.15, 0.2) is 0 Å². The molecule has 1 aromatic carbocycles. The Morgan fingerprint density at radius 1 is 1.53 bits per heavy atom. The number of H-pyrrole nitrogens is 1. The van der Waals surface area contributed by atoms with Crippen molar-refractivity contribution < 1.29 is 4.39 Å². The molecule has 3 nitrogen and oxygen atoms in total. The maximum atomic E-state index is 13.8. The normalized spacial score (nSPS) is 18.3. The monoisotopic (exact) mass is 277 g/mol. The number of aryl methyl sites for hydroxylation is 1. The summed E-state index contributed by atoms with van der Waals surface area (Å²) in [5, 5.41) is 10.5. The molecule has 2 heterocycles. The summed E-state index contributed by atoms with van der Waals surface area (Å²) in [6.07, 6.45) is 2.87. The van der Waals surface area contributed by atoms with Crippen LogP contribution in [-0.4, -0.2) is 16.0 Å². The van der Waals surface area contributed by atoms with Gasteiger partial charge in [-0.3, -0.25) is 5.10 Å². The van der Waals surface area contributed by atoms with E-state index in [9.17, 15) is 4.39 Å². The summed E-state index contributed by atoms with van der Waals surface area (Å²) >= 11 is 1.61. The van der Waals surface area contributed by atoms with Crippen LogP contribution in [0.2, 0.25) is 0 Å². The van der Waals surface area contributed by atoms with E-state index >= 15 is 0 Å². The van der Waals surface area contributed by atoms with E-state index in [1.807, 2.05) is 19.2 Å².